The van der Waals surface area contributed by atoms with E-state index < -0.39 is 28.3 Å². The van der Waals surface area contributed by atoms with Crippen LogP contribution in [0.2, 0.25) is 0 Å². The molecule has 1 heterocycles. The van der Waals surface area contributed by atoms with Crippen LogP contribution < -0.4 is 9.62 Å². The maximum atomic E-state index is 14.4. The highest BCUT2D eigenvalue weighted by Gasteiger charge is 2.28. The molecule has 0 saturated heterocycles. The van der Waals surface area contributed by atoms with E-state index in [4.69, 9.17) is 0 Å². The van der Waals surface area contributed by atoms with Crippen molar-refractivity contribution in [3.05, 3.63) is 84.8 Å². The van der Waals surface area contributed by atoms with Gasteiger partial charge in [0.25, 0.3) is 10.0 Å². The molecule has 0 radical (unpaired) electrons. The number of halogens is 1. The summed E-state index contributed by atoms with van der Waals surface area (Å²) < 4.78 is 41.4. The zero-order chi connectivity index (χ0) is 21.4. The van der Waals surface area contributed by atoms with Crippen LogP contribution in [0.3, 0.4) is 0 Å². The number of hydrogen-bond acceptors (Lipinski definition) is 5. The summed E-state index contributed by atoms with van der Waals surface area (Å²) in [6.45, 7) is -0.219. The Morgan fingerprint density at radius 1 is 1.00 bits per heavy atom. The molecule has 0 bridgehead atoms. The van der Waals surface area contributed by atoms with Gasteiger partial charge in [0.2, 0.25) is 5.91 Å². The van der Waals surface area contributed by atoms with Gasteiger partial charge in [-0.05, 0) is 36.4 Å². The summed E-state index contributed by atoms with van der Waals surface area (Å²) >= 11 is 1.46. The van der Waals surface area contributed by atoms with Crippen molar-refractivity contribution in [2.45, 2.75) is 9.92 Å². The Bertz CT molecular complexity index is 1080. The van der Waals surface area contributed by atoms with E-state index >= 15 is 0 Å². The van der Waals surface area contributed by atoms with Gasteiger partial charge < -0.3 is 5.32 Å². The van der Waals surface area contributed by atoms with Crippen molar-refractivity contribution in [3.8, 4) is 0 Å². The summed E-state index contributed by atoms with van der Waals surface area (Å²) in [5, 5.41) is 3.51. The number of carbonyl (C=O) groups is 1. The Morgan fingerprint density at radius 3 is 2.40 bits per heavy atom. The maximum Gasteiger partial charge on any atom is 0.264 e. The fraction of sp³-hybridized carbons (Fsp3) is 0.143. The lowest BCUT2D eigenvalue weighted by Crippen LogP contribution is -2.41. The van der Waals surface area contributed by atoms with Crippen LogP contribution in [0, 0.1) is 5.82 Å². The molecule has 0 atom stereocenters. The van der Waals surface area contributed by atoms with E-state index in [-0.39, 0.29) is 10.6 Å². The fourth-order valence-electron chi connectivity index (χ4n) is 2.64. The second kappa shape index (κ2) is 10.2. The summed E-state index contributed by atoms with van der Waals surface area (Å²) in [7, 11) is -4.13. The van der Waals surface area contributed by atoms with Gasteiger partial charge in [-0.15, -0.1) is 11.8 Å². The Hall–Kier alpha value is -2.91. The Kier molecular flexibility index (Phi) is 7.42. The summed E-state index contributed by atoms with van der Waals surface area (Å²) in [5.74, 6) is -0.691. The Balaban J connectivity index is 1.71. The molecule has 0 fully saturated rings. The van der Waals surface area contributed by atoms with Gasteiger partial charge in [-0.3, -0.25) is 9.10 Å². The van der Waals surface area contributed by atoms with E-state index in [0.717, 1.165) is 15.4 Å². The minimum absolute atomic E-state index is 0.0215. The molecule has 0 unspecified atom stereocenters. The average Bonchev–Trinajstić information content (AvgIpc) is 2.77. The summed E-state index contributed by atoms with van der Waals surface area (Å²) in [6, 6.07) is 18.7. The number of carbonyl (C=O) groups excluding carboxylic acids is 1. The minimum Gasteiger partial charge on any atom is -0.354 e. The largest absolute Gasteiger partial charge is 0.354 e. The Morgan fingerprint density at radius 2 is 1.70 bits per heavy atom. The highest BCUT2D eigenvalue weighted by molar-refractivity contribution is 7.99. The van der Waals surface area contributed by atoms with Crippen LogP contribution in [-0.4, -0.2) is 38.2 Å². The molecule has 0 aliphatic rings. The zero-order valence-corrected chi connectivity index (χ0v) is 17.6. The third-order valence-electron chi connectivity index (χ3n) is 4.05. The second-order valence-corrected chi connectivity index (χ2v) is 9.12. The molecular formula is C21H20FN3O3S2. The topological polar surface area (TPSA) is 79.4 Å². The molecule has 0 saturated carbocycles. The van der Waals surface area contributed by atoms with Crippen LogP contribution in [0.1, 0.15) is 0 Å². The van der Waals surface area contributed by atoms with E-state index in [2.05, 4.69) is 10.3 Å². The van der Waals surface area contributed by atoms with Gasteiger partial charge in [0.15, 0.2) is 0 Å². The van der Waals surface area contributed by atoms with E-state index in [9.17, 15) is 17.6 Å². The number of rotatable bonds is 9. The highest BCUT2D eigenvalue weighted by Crippen LogP contribution is 2.25. The monoisotopic (exact) mass is 445 g/mol. The van der Waals surface area contributed by atoms with Crippen molar-refractivity contribution in [2.75, 3.05) is 23.1 Å². The van der Waals surface area contributed by atoms with Crippen LogP contribution >= 0.6 is 11.8 Å². The number of aromatic nitrogens is 1. The molecule has 2 aromatic carbocycles. The molecule has 1 aromatic heterocycles. The summed E-state index contributed by atoms with van der Waals surface area (Å²) in [5.41, 5.74) is -0.181. The molecular weight excluding hydrogens is 425 g/mol. The van der Waals surface area contributed by atoms with Crippen molar-refractivity contribution in [1.29, 1.82) is 0 Å². The average molecular weight is 446 g/mol. The van der Waals surface area contributed by atoms with Crippen LogP contribution in [0.15, 0.2) is 88.9 Å². The standard InChI is InChI=1S/C21H20FN3O3S2/c22-18-10-4-5-11-19(18)25(30(27,28)17-8-2-1-3-9-17)16-20(26)23-14-15-29-21-12-6-7-13-24-21/h1-13H,14-16H2,(H,23,26). The van der Waals surface area contributed by atoms with Gasteiger partial charge in [-0.2, -0.15) is 0 Å². The highest BCUT2D eigenvalue weighted by atomic mass is 32.2. The van der Waals surface area contributed by atoms with Gasteiger partial charge in [0, 0.05) is 18.5 Å². The number of benzene rings is 2. The van der Waals surface area contributed by atoms with Crippen molar-refractivity contribution >= 4 is 33.4 Å². The number of nitrogens with one attached hydrogen (secondary N) is 1. The predicted octanol–water partition coefficient (Wildman–Crippen LogP) is 3.32. The van der Waals surface area contributed by atoms with Gasteiger partial charge >= 0.3 is 0 Å². The lowest BCUT2D eigenvalue weighted by atomic mass is 10.3. The first kappa shape index (κ1) is 21.8. The molecule has 9 heteroatoms. The fourth-order valence-corrected chi connectivity index (χ4v) is 4.81. The number of pyridine rings is 1. The summed E-state index contributed by atoms with van der Waals surface area (Å²) in [6.07, 6.45) is 1.68. The third kappa shape index (κ3) is 5.58. The molecule has 6 nitrogen and oxygen atoms in total. The number of amides is 1. The van der Waals surface area contributed by atoms with E-state index in [1.807, 2.05) is 18.2 Å². The molecule has 0 spiro atoms. The minimum atomic E-state index is -4.13. The van der Waals surface area contributed by atoms with E-state index in [1.54, 1.807) is 24.4 Å². The molecule has 1 amide bonds. The number of nitrogens with zero attached hydrogens (tertiary/aromatic N) is 2. The number of hydrogen-bond donors (Lipinski definition) is 1. The zero-order valence-electron chi connectivity index (χ0n) is 15.9. The Labute approximate surface area is 179 Å². The smallest absolute Gasteiger partial charge is 0.264 e. The van der Waals surface area contributed by atoms with Crippen molar-refractivity contribution in [1.82, 2.24) is 10.3 Å². The SMILES string of the molecule is O=C(CN(c1ccccc1F)S(=O)(=O)c1ccccc1)NCCSc1ccccn1. The molecule has 1 N–H and O–H groups in total. The first-order chi connectivity index (χ1) is 14.5. The normalized spacial score (nSPS) is 11.1. The lowest BCUT2D eigenvalue weighted by molar-refractivity contribution is -0.119. The molecule has 0 aliphatic carbocycles. The first-order valence-corrected chi connectivity index (χ1v) is 11.5. The van der Waals surface area contributed by atoms with E-state index in [0.29, 0.717) is 12.3 Å². The molecule has 156 valence electrons. The van der Waals surface area contributed by atoms with Gasteiger partial charge in [0.05, 0.1) is 15.6 Å². The van der Waals surface area contributed by atoms with Crippen molar-refractivity contribution in [3.63, 3.8) is 0 Å². The second-order valence-electron chi connectivity index (χ2n) is 6.14. The van der Waals surface area contributed by atoms with Gasteiger partial charge in [-0.1, -0.05) is 36.4 Å². The quantitative estimate of drug-likeness (QED) is 0.404. The predicted molar refractivity (Wildman–Crippen MR) is 115 cm³/mol. The number of anilines is 1. The number of thioether (sulfide) groups is 1. The molecule has 3 aromatic rings. The van der Waals surface area contributed by atoms with Crippen molar-refractivity contribution < 1.29 is 17.6 Å². The lowest BCUT2D eigenvalue weighted by Gasteiger charge is -2.24. The van der Waals surface area contributed by atoms with Crippen LogP contribution in [0.5, 0.6) is 0 Å². The van der Waals surface area contributed by atoms with Crippen LogP contribution in [-0.2, 0) is 14.8 Å². The van der Waals surface area contributed by atoms with Crippen LogP contribution in [0.25, 0.3) is 0 Å². The maximum absolute atomic E-state index is 14.4. The number of sulfonamides is 1. The van der Waals surface area contributed by atoms with Crippen LogP contribution in [0.4, 0.5) is 10.1 Å². The van der Waals surface area contributed by atoms with Gasteiger partial charge in [0.1, 0.15) is 12.4 Å². The summed E-state index contributed by atoms with van der Waals surface area (Å²) in [4.78, 5) is 16.6. The molecule has 30 heavy (non-hydrogen) atoms. The first-order valence-electron chi connectivity index (χ1n) is 9.11. The van der Waals surface area contributed by atoms with E-state index in [1.165, 1.54) is 42.1 Å². The molecule has 0 aliphatic heterocycles. The van der Waals surface area contributed by atoms with Crippen molar-refractivity contribution in [2.24, 2.45) is 0 Å². The van der Waals surface area contributed by atoms with Gasteiger partial charge in [-0.25, -0.2) is 17.8 Å². The molecule has 3 rings (SSSR count). The number of para-hydroxylation sites is 1. The third-order valence-corrected chi connectivity index (χ3v) is 6.77.